The zero-order valence-electron chi connectivity index (χ0n) is 30.2. The number of aliphatic hydroxyl groups excluding tert-OH is 3. The van der Waals surface area contributed by atoms with E-state index in [0.29, 0.717) is 31.3 Å². The molecule has 0 radical (unpaired) electrons. The van der Waals surface area contributed by atoms with Gasteiger partial charge >= 0.3 is 11.9 Å². The molecule has 2 aliphatic rings. The summed E-state index contributed by atoms with van der Waals surface area (Å²) in [6.07, 6.45) is 24.6. The molecular weight excluding hydrogens is 596 g/mol. The lowest BCUT2D eigenvalue weighted by molar-refractivity contribution is -0.159. The number of hydrogen-bond acceptors (Lipinski definition) is 8. The van der Waals surface area contributed by atoms with Crippen molar-refractivity contribution < 1.29 is 39.1 Å². The van der Waals surface area contributed by atoms with Crippen LogP contribution in [0.3, 0.4) is 0 Å². The summed E-state index contributed by atoms with van der Waals surface area (Å²) in [7, 11) is 0. The number of carbonyl (C=O) groups is 2. The summed E-state index contributed by atoms with van der Waals surface area (Å²) in [5, 5.41) is 31.7. The molecule has 0 aromatic carbocycles. The number of hydrogen-bond donors (Lipinski definition) is 3. The Morgan fingerprint density at radius 1 is 0.766 bits per heavy atom. The van der Waals surface area contributed by atoms with Crippen molar-refractivity contribution in [3.05, 3.63) is 11.6 Å². The molecule has 0 aromatic heterocycles. The number of aliphatic hydroxyl groups is 3. The molecule has 0 spiro atoms. The van der Waals surface area contributed by atoms with Crippen LogP contribution < -0.4 is 0 Å². The van der Waals surface area contributed by atoms with Crippen molar-refractivity contribution in [3.8, 4) is 0 Å². The second kappa shape index (κ2) is 25.5. The molecule has 2 heterocycles. The Hall–Kier alpha value is -1.48. The van der Waals surface area contributed by atoms with Crippen molar-refractivity contribution in [1.82, 2.24) is 0 Å². The van der Waals surface area contributed by atoms with E-state index in [1.807, 2.05) is 13.0 Å². The number of esters is 2. The first-order valence-electron chi connectivity index (χ1n) is 19.5. The molecule has 0 saturated carbocycles. The van der Waals surface area contributed by atoms with Crippen LogP contribution >= 0.6 is 0 Å². The van der Waals surface area contributed by atoms with Gasteiger partial charge in [0.25, 0.3) is 0 Å². The molecule has 0 aromatic rings. The van der Waals surface area contributed by atoms with Crippen LogP contribution in [0.4, 0.5) is 0 Å². The molecule has 0 amide bonds. The summed E-state index contributed by atoms with van der Waals surface area (Å²) >= 11 is 0. The maximum absolute atomic E-state index is 11.8. The fourth-order valence-electron chi connectivity index (χ4n) is 7.07. The molecule has 2 aliphatic heterocycles. The first-order chi connectivity index (χ1) is 22.7. The van der Waals surface area contributed by atoms with E-state index >= 15 is 0 Å². The van der Waals surface area contributed by atoms with Crippen LogP contribution in [0, 0.1) is 0 Å². The van der Waals surface area contributed by atoms with Gasteiger partial charge < -0.3 is 29.5 Å². The SMILES string of the molecule is CCCCCCCCCCCC[C@H](O)[C@H]1CC[C@H]([C@@H](C[C@@H](O)CCCCCCCCC[C@H](O)CCC2=C[C@H](C)OC2=O)OC(C)=O)O1. The molecule has 2 rings (SSSR count). The first-order valence-corrected chi connectivity index (χ1v) is 19.5. The van der Waals surface area contributed by atoms with E-state index in [-0.39, 0.29) is 36.4 Å². The third-order valence-electron chi connectivity index (χ3n) is 9.92. The number of rotatable bonds is 29. The largest absolute Gasteiger partial charge is 0.460 e. The quantitative estimate of drug-likeness (QED) is 0.0537. The van der Waals surface area contributed by atoms with Crippen LogP contribution in [-0.4, -0.2) is 70.0 Å². The fourth-order valence-corrected chi connectivity index (χ4v) is 7.07. The van der Waals surface area contributed by atoms with Crippen LogP contribution in [0.25, 0.3) is 0 Å². The van der Waals surface area contributed by atoms with Crippen molar-refractivity contribution in [2.24, 2.45) is 0 Å². The van der Waals surface area contributed by atoms with Crippen LogP contribution in [0.15, 0.2) is 11.6 Å². The summed E-state index contributed by atoms with van der Waals surface area (Å²) in [6.45, 7) is 5.50. The van der Waals surface area contributed by atoms with Gasteiger partial charge in [-0.3, -0.25) is 4.79 Å². The fraction of sp³-hybridized carbons (Fsp3) is 0.897. The van der Waals surface area contributed by atoms with E-state index in [4.69, 9.17) is 14.2 Å². The van der Waals surface area contributed by atoms with E-state index in [1.165, 1.54) is 58.3 Å². The van der Waals surface area contributed by atoms with Gasteiger partial charge in [0.2, 0.25) is 0 Å². The molecule has 47 heavy (non-hydrogen) atoms. The third kappa shape index (κ3) is 19.3. The summed E-state index contributed by atoms with van der Waals surface area (Å²) in [4.78, 5) is 23.5. The lowest BCUT2D eigenvalue weighted by atomic mass is 9.98. The zero-order valence-corrected chi connectivity index (χ0v) is 30.2. The third-order valence-corrected chi connectivity index (χ3v) is 9.92. The molecule has 8 heteroatoms. The van der Waals surface area contributed by atoms with Gasteiger partial charge in [0.15, 0.2) is 0 Å². The van der Waals surface area contributed by atoms with Crippen molar-refractivity contribution in [2.75, 3.05) is 0 Å². The van der Waals surface area contributed by atoms with Crippen LogP contribution in [0.1, 0.15) is 181 Å². The predicted molar refractivity (Wildman–Crippen MR) is 187 cm³/mol. The van der Waals surface area contributed by atoms with Crippen molar-refractivity contribution in [3.63, 3.8) is 0 Å². The topological polar surface area (TPSA) is 123 Å². The minimum absolute atomic E-state index is 0.153. The molecule has 3 N–H and O–H groups in total. The second-order valence-corrected chi connectivity index (χ2v) is 14.4. The minimum atomic E-state index is -0.551. The smallest absolute Gasteiger partial charge is 0.334 e. The molecule has 0 unspecified atom stereocenters. The van der Waals surface area contributed by atoms with E-state index in [2.05, 4.69) is 6.92 Å². The second-order valence-electron chi connectivity index (χ2n) is 14.4. The van der Waals surface area contributed by atoms with E-state index < -0.39 is 18.3 Å². The zero-order chi connectivity index (χ0) is 34.3. The van der Waals surface area contributed by atoms with E-state index in [0.717, 1.165) is 83.5 Å². The van der Waals surface area contributed by atoms with Gasteiger partial charge in [-0.15, -0.1) is 0 Å². The molecule has 7 atom stereocenters. The standard InChI is InChI=1S/C39H70O8/c1-4-5-6-7-8-9-10-14-17-20-23-35(43)36-26-27-37(47-36)38(46-31(3)40)29-34(42)22-19-16-13-11-12-15-18-21-33(41)25-24-32-28-30(2)45-39(32)44/h28,30,33-38,41-43H,4-27,29H2,1-3H3/t30-,33-,34-,35-,36+,37+,38+/m0/s1. The predicted octanol–water partition coefficient (Wildman–Crippen LogP) is 8.41. The number of carbonyl (C=O) groups excluding carboxylic acids is 2. The highest BCUT2D eigenvalue weighted by Gasteiger charge is 2.37. The molecule has 0 bridgehead atoms. The Kier molecular flexibility index (Phi) is 22.6. The number of ether oxygens (including phenoxy) is 3. The molecular formula is C39H70O8. The summed E-state index contributed by atoms with van der Waals surface area (Å²) in [6, 6.07) is 0. The lowest BCUT2D eigenvalue weighted by Gasteiger charge is -2.27. The van der Waals surface area contributed by atoms with Gasteiger partial charge in [-0.1, -0.05) is 116 Å². The average Bonchev–Trinajstić information content (AvgIpc) is 3.65. The minimum Gasteiger partial charge on any atom is -0.460 e. The highest BCUT2D eigenvalue weighted by Crippen LogP contribution is 2.30. The molecule has 8 nitrogen and oxygen atoms in total. The van der Waals surface area contributed by atoms with E-state index in [9.17, 15) is 24.9 Å². The van der Waals surface area contributed by atoms with Gasteiger partial charge in [0.05, 0.1) is 30.5 Å². The Balaban J connectivity index is 1.50. The van der Waals surface area contributed by atoms with Crippen molar-refractivity contribution >= 4 is 11.9 Å². The molecule has 1 fully saturated rings. The Bertz CT molecular complexity index is 860. The first kappa shape index (κ1) is 41.7. The van der Waals surface area contributed by atoms with Gasteiger partial charge in [0, 0.05) is 18.9 Å². The molecule has 0 aliphatic carbocycles. The summed E-state index contributed by atoms with van der Waals surface area (Å²) < 4.78 is 16.9. The molecule has 274 valence electrons. The van der Waals surface area contributed by atoms with Gasteiger partial charge in [0.1, 0.15) is 12.2 Å². The Morgan fingerprint density at radius 3 is 1.81 bits per heavy atom. The number of unbranched alkanes of at least 4 members (excludes halogenated alkanes) is 15. The Morgan fingerprint density at radius 2 is 1.28 bits per heavy atom. The maximum atomic E-state index is 11.8. The van der Waals surface area contributed by atoms with Gasteiger partial charge in [-0.2, -0.15) is 0 Å². The number of cyclic esters (lactones) is 1. The maximum Gasteiger partial charge on any atom is 0.334 e. The summed E-state index contributed by atoms with van der Waals surface area (Å²) in [5.41, 5.74) is 0.689. The monoisotopic (exact) mass is 667 g/mol. The highest BCUT2D eigenvalue weighted by atomic mass is 16.6. The van der Waals surface area contributed by atoms with Crippen molar-refractivity contribution in [1.29, 1.82) is 0 Å². The molecule has 1 saturated heterocycles. The van der Waals surface area contributed by atoms with Crippen LogP contribution in [0.2, 0.25) is 0 Å². The summed E-state index contributed by atoms with van der Waals surface area (Å²) in [5.74, 6) is -0.610. The average molecular weight is 667 g/mol. The van der Waals surface area contributed by atoms with Gasteiger partial charge in [-0.05, 0) is 57.9 Å². The van der Waals surface area contributed by atoms with Crippen LogP contribution in [0.5, 0.6) is 0 Å². The lowest BCUT2D eigenvalue weighted by Crippen LogP contribution is -2.36. The van der Waals surface area contributed by atoms with Crippen molar-refractivity contribution in [2.45, 2.75) is 224 Å². The Labute approximate surface area is 286 Å². The normalized spacial score (nSPS) is 22.1. The van der Waals surface area contributed by atoms with Gasteiger partial charge in [-0.25, -0.2) is 4.79 Å². The highest BCUT2D eigenvalue weighted by molar-refractivity contribution is 5.90. The van der Waals surface area contributed by atoms with E-state index in [1.54, 1.807) is 0 Å². The van der Waals surface area contributed by atoms with Crippen LogP contribution in [-0.2, 0) is 23.8 Å².